The molecule has 0 saturated carbocycles. The molecular weight excluding hydrogens is 322 g/mol. The lowest BCUT2D eigenvalue weighted by molar-refractivity contribution is 0.0689. The number of nitrogen functional groups attached to an aromatic ring is 1. The number of anilines is 1. The van der Waals surface area contributed by atoms with Crippen LogP contribution in [0.4, 0.5) is 10.5 Å². The number of carbonyl (C=O) groups is 2. The molecule has 1 rings (SSSR count). The highest BCUT2D eigenvalue weighted by Gasteiger charge is 2.15. The van der Waals surface area contributed by atoms with Gasteiger partial charge < -0.3 is 20.3 Å². The number of hydrogen-bond acceptors (Lipinski definition) is 5. The number of carboxylic acid groups (broad SMARTS) is 1. The molecule has 0 amide bonds. The quantitative estimate of drug-likeness (QED) is 0.238. The predicted molar refractivity (Wildman–Crippen MR) is 97.0 cm³/mol. The minimum atomic E-state index is -1.21. The van der Waals surface area contributed by atoms with E-state index in [1.807, 2.05) is 0 Å². The molecule has 0 saturated heterocycles. The first kappa shape index (κ1) is 20.8. The molecule has 1 aromatic carbocycles. The van der Waals surface area contributed by atoms with E-state index >= 15 is 0 Å². The Morgan fingerprint density at radius 2 is 1.60 bits per heavy atom. The average Bonchev–Trinajstić information content (AvgIpc) is 2.58. The third-order valence-electron chi connectivity index (χ3n) is 3.90. The molecule has 6 nitrogen and oxygen atoms in total. The normalized spacial score (nSPS) is 10.4. The largest absolute Gasteiger partial charge is 0.513 e. The van der Waals surface area contributed by atoms with Crippen LogP contribution in [0, 0.1) is 0 Å². The van der Waals surface area contributed by atoms with Crippen molar-refractivity contribution in [3.63, 3.8) is 0 Å². The van der Waals surface area contributed by atoms with E-state index in [0.717, 1.165) is 19.3 Å². The van der Waals surface area contributed by atoms with Crippen LogP contribution < -0.4 is 10.5 Å². The molecule has 3 N–H and O–H groups in total. The zero-order valence-corrected chi connectivity index (χ0v) is 15.0. The maximum atomic E-state index is 11.6. The Kier molecular flexibility index (Phi) is 10.1. The summed E-state index contributed by atoms with van der Waals surface area (Å²) in [5.74, 6) is -1.28. The molecule has 0 aliphatic carbocycles. The molecule has 0 fully saturated rings. The second-order valence-corrected chi connectivity index (χ2v) is 6.09. The number of unbranched alkanes of at least 4 members (excludes halogenated alkanes) is 8. The van der Waals surface area contributed by atoms with Crippen molar-refractivity contribution in [1.82, 2.24) is 0 Å². The second kappa shape index (κ2) is 12.2. The summed E-state index contributed by atoms with van der Waals surface area (Å²) >= 11 is 0. The van der Waals surface area contributed by atoms with Crippen LogP contribution in [0.25, 0.3) is 0 Å². The summed E-state index contributed by atoms with van der Waals surface area (Å²) in [6, 6.07) is 4.06. The number of aromatic carboxylic acids is 1. The van der Waals surface area contributed by atoms with Crippen molar-refractivity contribution in [2.75, 3.05) is 12.3 Å². The Labute approximate surface area is 149 Å². The Morgan fingerprint density at radius 3 is 2.20 bits per heavy atom. The summed E-state index contributed by atoms with van der Waals surface area (Å²) in [5, 5.41) is 9.08. The van der Waals surface area contributed by atoms with E-state index < -0.39 is 12.1 Å². The standard InChI is InChI=1S/C19H29NO5/c1-2-3-4-5-6-7-8-9-10-13-24-19(23)25-17-12-11-15(20)14-16(17)18(21)22/h11-12,14H,2-10,13,20H2,1H3,(H,21,22). The van der Waals surface area contributed by atoms with Gasteiger partial charge in [-0.1, -0.05) is 58.3 Å². The molecule has 1 aromatic rings. The van der Waals surface area contributed by atoms with Gasteiger partial charge in [0, 0.05) is 5.69 Å². The van der Waals surface area contributed by atoms with E-state index in [9.17, 15) is 9.59 Å². The van der Waals surface area contributed by atoms with Crippen LogP contribution >= 0.6 is 0 Å². The minimum Gasteiger partial charge on any atom is -0.478 e. The summed E-state index contributed by atoms with van der Waals surface area (Å²) in [5.41, 5.74) is 5.65. The molecule has 0 aromatic heterocycles. The van der Waals surface area contributed by atoms with Crippen molar-refractivity contribution in [3.8, 4) is 5.75 Å². The van der Waals surface area contributed by atoms with Gasteiger partial charge in [0.1, 0.15) is 11.3 Å². The zero-order chi connectivity index (χ0) is 18.5. The van der Waals surface area contributed by atoms with Gasteiger partial charge in [0.2, 0.25) is 0 Å². The minimum absolute atomic E-state index is 0.0706. The van der Waals surface area contributed by atoms with Gasteiger partial charge in [-0.2, -0.15) is 0 Å². The molecule has 6 heteroatoms. The topological polar surface area (TPSA) is 98.9 Å². The summed E-state index contributed by atoms with van der Waals surface area (Å²) in [7, 11) is 0. The molecule has 0 atom stereocenters. The molecule has 0 aliphatic rings. The van der Waals surface area contributed by atoms with Gasteiger partial charge in [-0.3, -0.25) is 0 Å². The number of hydrogen-bond donors (Lipinski definition) is 2. The van der Waals surface area contributed by atoms with Gasteiger partial charge >= 0.3 is 12.1 Å². The van der Waals surface area contributed by atoms with Crippen molar-refractivity contribution >= 4 is 17.8 Å². The highest BCUT2D eigenvalue weighted by molar-refractivity contribution is 5.92. The van der Waals surface area contributed by atoms with E-state index in [1.54, 1.807) is 0 Å². The molecule has 0 aliphatic heterocycles. The molecule has 25 heavy (non-hydrogen) atoms. The van der Waals surface area contributed by atoms with Crippen molar-refractivity contribution in [2.45, 2.75) is 64.7 Å². The van der Waals surface area contributed by atoms with Crippen molar-refractivity contribution in [3.05, 3.63) is 23.8 Å². The number of rotatable bonds is 12. The number of carbonyl (C=O) groups excluding carboxylic acids is 1. The number of nitrogens with two attached hydrogens (primary N) is 1. The van der Waals surface area contributed by atoms with Gasteiger partial charge in [-0.15, -0.1) is 0 Å². The van der Waals surface area contributed by atoms with Crippen LogP contribution in [0.1, 0.15) is 75.1 Å². The molecule has 140 valence electrons. The van der Waals surface area contributed by atoms with E-state index in [-0.39, 0.29) is 23.6 Å². The molecule has 0 unspecified atom stereocenters. The second-order valence-electron chi connectivity index (χ2n) is 6.09. The fraction of sp³-hybridized carbons (Fsp3) is 0.579. The fourth-order valence-electron chi connectivity index (χ4n) is 2.49. The van der Waals surface area contributed by atoms with Gasteiger partial charge in [-0.25, -0.2) is 9.59 Å². The first-order valence-corrected chi connectivity index (χ1v) is 9.02. The number of benzene rings is 1. The molecule has 0 radical (unpaired) electrons. The lowest BCUT2D eigenvalue weighted by Crippen LogP contribution is -2.14. The summed E-state index contributed by atoms with van der Waals surface area (Å²) in [6.45, 7) is 2.48. The summed E-state index contributed by atoms with van der Waals surface area (Å²) < 4.78 is 9.93. The molecule has 0 bridgehead atoms. The van der Waals surface area contributed by atoms with Crippen LogP contribution in [-0.4, -0.2) is 23.8 Å². The third kappa shape index (κ3) is 8.98. The molecule has 0 spiro atoms. The zero-order valence-electron chi connectivity index (χ0n) is 15.0. The third-order valence-corrected chi connectivity index (χ3v) is 3.90. The smallest absolute Gasteiger partial charge is 0.478 e. The average molecular weight is 351 g/mol. The monoisotopic (exact) mass is 351 g/mol. The Bertz CT molecular complexity index is 545. The molecular formula is C19H29NO5. The van der Waals surface area contributed by atoms with E-state index in [0.29, 0.717) is 0 Å². The first-order valence-electron chi connectivity index (χ1n) is 9.02. The maximum absolute atomic E-state index is 11.6. The van der Waals surface area contributed by atoms with E-state index in [4.69, 9.17) is 20.3 Å². The van der Waals surface area contributed by atoms with Crippen LogP contribution in [0.15, 0.2) is 18.2 Å². The Morgan fingerprint density at radius 1 is 1.00 bits per heavy atom. The van der Waals surface area contributed by atoms with Gasteiger partial charge in [0.05, 0.1) is 6.61 Å². The first-order chi connectivity index (χ1) is 12.0. The van der Waals surface area contributed by atoms with Crippen LogP contribution in [0.3, 0.4) is 0 Å². The van der Waals surface area contributed by atoms with Crippen LogP contribution in [0.5, 0.6) is 5.75 Å². The Hall–Kier alpha value is -2.24. The van der Waals surface area contributed by atoms with Gasteiger partial charge in [0.15, 0.2) is 0 Å². The lowest BCUT2D eigenvalue weighted by atomic mass is 10.1. The van der Waals surface area contributed by atoms with Gasteiger partial charge in [0.25, 0.3) is 0 Å². The highest BCUT2D eigenvalue weighted by atomic mass is 16.7. The van der Waals surface area contributed by atoms with Crippen molar-refractivity contribution in [2.24, 2.45) is 0 Å². The van der Waals surface area contributed by atoms with E-state index in [2.05, 4.69) is 6.92 Å². The van der Waals surface area contributed by atoms with Crippen LogP contribution in [0.2, 0.25) is 0 Å². The summed E-state index contributed by atoms with van der Waals surface area (Å²) in [4.78, 5) is 22.8. The SMILES string of the molecule is CCCCCCCCCCCOC(=O)Oc1ccc(N)cc1C(=O)O. The fourth-order valence-corrected chi connectivity index (χ4v) is 2.49. The van der Waals surface area contributed by atoms with Crippen molar-refractivity contribution in [1.29, 1.82) is 0 Å². The van der Waals surface area contributed by atoms with Crippen LogP contribution in [-0.2, 0) is 4.74 Å². The lowest BCUT2D eigenvalue weighted by Gasteiger charge is -2.08. The van der Waals surface area contributed by atoms with E-state index in [1.165, 1.54) is 56.7 Å². The van der Waals surface area contributed by atoms with Gasteiger partial charge in [-0.05, 0) is 24.6 Å². The predicted octanol–water partition coefficient (Wildman–Crippen LogP) is 5.01. The number of carboxylic acids is 1. The maximum Gasteiger partial charge on any atom is 0.513 e. The van der Waals surface area contributed by atoms with Crippen molar-refractivity contribution < 1.29 is 24.2 Å². The number of ether oxygens (including phenoxy) is 2. The molecule has 0 heterocycles. The highest BCUT2D eigenvalue weighted by Crippen LogP contribution is 2.22. The Balaban J connectivity index is 2.16. The summed E-state index contributed by atoms with van der Waals surface area (Å²) in [6.07, 6.45) is 9.67.